The molecule has 7 heteroatoms. The van der Waals surface area contributed by atoms with E-state index in [0.29, 0.717) is 12.5 Å². The van der Waals surface area contributed by atoms with E-state index in [-0.39, 0.29) is 12.1 Å². The predicted octanol–water partition coefficient (Wildman–Crippen LogP) is 1.01. The largest absolute Gasteiger partial charge is 0.334 e. The van der Waals surface area contributed by atoms with Crippen LogP contribution in [0.1, 0.15) is 32.3 Å². The Balaban J connectivity index is 1.82. The van der Waals surface area contributed by atoms with Crippen LogP contribution in [-0.4, -0.2) is 64.4 Å². The fourth-order valence-corrected chi connectivity index (χ4v) is 3.19. The van der Waals surface area contributed by atoms with E-state index in [0.717, 1.165) is 45.6 Å². The highest BCUT2D eigenvalue weighted by Gasteiger charge is 2.21. The van der Waals surface area contributed by atoms with Crippen LogP contribution in [0.2, 0.25) is 0 Å². The zero-order chi connectivity index (χ0) is 17.5. The summed E-state index contributed by atoms with van der Waals surface area (Å²) in [6.07, 6.45) is 5.87. The van der Waals surface area contributed by atoms with E-state index in [1.807, 2.05) is 29.0 Å². The fraction of sp³-hybridized carbons (Fsp3) is 0.765. The standard InChI is InChI=1S/C17H32N6O/c1-14(2)9-16(10-18)20-17(24)23-6-4-5-22(7-8-23)13-15-11-19-21(3)12-15/h11-12,14,16H,4-10,13,18H2,1-3H3,(H,20,24). The third-order valence-electron chi connectivity index (χ3n) is 4.41. The fourth-order valence-electron chi connectivity index (χ4n) is 3.19. The van der Waals surface area contributed by atoms with Crippen molar-refractivity contribution in [3.8, 4) is 0 Å². The lowest BCUT2D eigenvalue weighted by molar-refractivity contribution is 0.192. The second kappa shape index (κ2) is 9.03. The van der Waals surface area contributed by atoms with Crippen molar-refractivity contribution >= 4 is 6.03 Å². The maximum atomic E-state index is 12.5. The summed E-state index contributed by atoms with van der Waals surface area (Å²) in [5, 5.41) is 7.31. The molecule has 1 saturated heterocycles. The van der Waals surface area contributed by atoms with Gasteiger partial charge in [0.05, 0.1) is 6.20 Å². The van der Waals surface area contributed by atoms with Gasteiger partial charge in [0.15, 0.2) is 0 Å². The average molecular weight is 336 g/mol. The summed E-state index contributed by atoms with van der Waals surface area (Å²) < 4.78 is 1.83. The molecule has 0 bridgehead atoms. The van der Waals surface area contributed by atoms with Crippen molar-refractivity contribution in [1.29, 1.82) is 0 Å². The number of aromatic nitrogens is 2. The average Bonchev–Trinajstić information content (AvgIpc) is 2.79. The van der Waals surface area contributed by atoms with Gasteiger partial charge in [-0.25, -0.2) is 4.79 Å². The number of nitrogens with one attached hydrogen (secondary N) is 1. The van der Waals surface area contributed by atoms with Gasteiger partial charge < -0.3 is 16.0 Å². The van der Waals surface area contributed by atoms with E-state index < -0.39 is 0 Å². The maximum Gasteiger partial charge on any atom is 0.317 e. The van der Waals surface area contributed by atoms with Crippen LogP contribution in [0.5, 0.6) is 0 Å². The van der Waals surface area contributed by atoms with E-state index in [1.165, 1.54) is 5.56 Å². The summed E-state index contributed by atoms with van der Waals surface area (Å²) in [6.45, 7) is 9.13. The number of amides is 2. The van der Waals surface area contributed by atoms with Gasteiger partial charge in [-0.3, -0.25) is 9.58 Å². The zero-order valence-corrected chi connectivity index (χ0v) is 15.2. The Kier molecular flexibility index (Phi) is 7.05. The highest BCUT2D eigenvalue weighted by Crippen LogP contribution is 2.10. The maximum absolute atomic E-state index is 12.5. The molecule has 2 amide bonds. The monoisotopic (exact) mass is 336 g/mol. The van der Waals surface area contributed by atoms with Crippen LogP contribution in [0, 0.1) is 5.92 Å². The Morgan fingerprint density at radius 3 is 2.75 bits per heavy atom. The van der Waals surface area contributed by atoms with Crippen LogP contribution in [0.15, 0.2) is 12.4 Å². The molecule has 0 radical (unpaired) electrons. The van der Waals surface area contributed by atoms with Crippen molar-refractivity contribution < 1.29 is 4.79 Å². The molecule has 1 unspecified atom stereocenters. The molecule has 0 spiro atoms. The summed E-state index contributed by atoms with van der Waals surface area (Å²) in [7, 11) is 1.93. The zero-order valence-electron chi connectivity index (χ0n) is 15.2. The van der Waals surface area contributed by atoms with Crippen LogP contribution in [0.3, 0.4) is 0 Å². The molecule has 1 aliphatic rings. The van der Waals surface area contributed by atoms with Crippen LogP contribution >= 0.6 is 0 Å². The molecule has 3 N–H and O–H groups in total. The third kappa shape index (κ3) is 5.79. The van der Waals surface area contributed by atoms with Crippen LogP contribution in [0.25, 0.3) is 0 Å². The number of carbonyl (C=O) groups is 1. The topological polar surface area (TPSA) is 79.4 Å². The van der Waals surface area contributed by atoms with Gasteiger partial charge in [0.1, 0.15) is 0 Å². The molecule has 0 aliphatic carbocycles. The Morgan fingerprint density at radius 1 is 1.33 bits per heavy atom. The van der Waals surface area contributed by atoms with Crippen molar-refractivity contribution in [1.82, 2.24) is 24.9 Å². The molecule has 2 rings (SSSR count). The SMILES string of the molecule is CC(C)CC(CN)NC(=O)N1CCCN(Cc2cnn(C)c2)CC1. The van der Waals surface area contributed by atoms with Gasteiger partial charge in [0.25, 0.3) is 0 Å². The minimum atomic E-state index is 0.0225. The second-order valence-electron chi connectivity index (χ2n) is 7.15. The second-order valence-corrected chi connectivity index (χ2v) is 7.15. The molecule has 2 heterocycles. The Bertz CT molecular complexity index is 515. The molecule has 1 atom stereocenters. The first-order valence-corrected chi connectivity index (χ1v) is 8.93. The predicted molar refractivity (Wildman–Crippen MR) is 95.5 cm³/mol. The number of aryl methyl sites for hydroxylation is 1. The Morgan fingerprint density at radius 2 is 2.12 bits per heavy atom. The minimum absolute atomic E-state index is 0.0225. The van der Waals surface area contributed by atoms with E-state index >= 15 is 0 Å². The Labute approximate surface area is 145 Å². The van der Waals surface area contributed by atoms with Crippen molar-refractivity contribution in [2.24, 2.45) is 18.7 Å². The lowest BCUT2D eigenvalue weighted by Gasteiger charge is -2.26. The molecule has 1 aliphatic heterocycles. The van der Waals surface area contributed by atoms with Crippen LogP contribution in [0.4, 0.5) is 4.79 Å². The molecule has 0 aromatic carbocycles. The molecular weight excluding hydrogens is 304 g/mol. The first kappa shape index (κ1) is 18.7. The van der Waals surface area contributed by atoms with Gasteiger partial charge in [-0.2, -0.15) is 5.10 Å². The highest BCUT2D eigenvalue weighted by molar-refractivity contribution is 5.74. The molecule has 1 fully saturated rings. The van der Waals surface area contributed by atoms with Crippen LogP contribution < -0.4 is 11.1 Å². The summed E-state index contributed by atoms with van der Waals surface area (Å²) in [5.41, 5.74) is 7.01. The van der Waals surface area contributed by atoms with Crippen molar-refractivity contribution in [2.75, 3.05) is 32.7 Å². The number of carbonyl (C=O) groups excluding carboxylic acids is 1. The third-order valence-corrected chi connectivity index (χ3v) is 4.41. The number of urea groups is 1. The molecule has 24 heavy (non-hydrogen) atoms. The molecule has 1 aromatic rings. The molecule has 7 nitrogen and oxygen atoms in total. The van der Waals surface area contributed by atoms with Crippen molar-refractivity contribution in [3.05, 3.63) is 18.0 Å². The van der Waals surface area contributed by atoms with E-state index in [4.69, 9.17) is 5.73 Å². The van der Waals surface area contributed by atoms with E-state index in [1.54, 1.807) is 0 Å². The smallest absolute Gasteiger partial charge is 0.317 e. The molecule has 1 aromatic heterocycles. The van der Waals surface area contributed by atoms with E-state index in [2.05, 4.69) is 29.2 Å². The first-order chi connectivity index (χ1) is 11.5. The van der Waals surface area contributed by atoms with Gasteiger partial charge in [-0.15, -0.1) is 0 Å². The highest BCUT2D eigenvalue weighted by atomic mass is 16.2. The molecular formula is C17H32N6O. The summed E-state index contributed by atoms with van der Waals surface area (Å²) in [4.78, 5) is 16.8. The van der Waals surface area contributed by atoms with Gasteiger partial charge >= 0.3 is 6.03 Å². The number of nitrogens with zero attached hydrogens (tertiary/aromatic N) is 4. The lowest BCUT2D eigenvalue weighted by Crippen LogP contribution is -2.48. The van der Waals surface area contributed by atoms with Gasteiger partial charge in [0.2, 0.25) is 0 Å². The van der Waals surface area contributed by atoms with Gasteiger partial charge in [-0.1, -0.05) is 13.8 Å². The minimum Gasteiger partial charge on any atom is -0.334 e. The normalized spacial score (nSPS) is 17.8. The van der Waals surface area contributed by atoms with E-state index in [9.17, 15) is 4.79 Å². The number of hydrogen-bond donors (Lipinski definition) is 2. The van der Waals surface area contributed by atoms with Crippen LogP contribution in [-0.2, 0) is 13.6 Å². The first-order valence-electron chi connectivity index (χ1n) is 8.93. The van der Waals surface area contributed by atoms with Crippen molar-refractivity contribution in [2.45, 2.75) is 39.3 Å². The van der Waals surface area contributed by atoms with Crippen molar-refractivity contribution in [3.63, 3.8) is 0 Å². The number of nitrogens with two attached hydrogens (primary N) is 1. The quantitative estimate of drug-likeness (QED) is 0.813. The summed E-state index contributed by atoms with van der Waals surface area (Å²) in [6, 6.07) is 0.0848. The summed E-state index contributed by atoms with van der Waals surface area (Å²) in [5.74, 6) is 0.526. The lowest BCUT2D eigenvalue weighted by atomic mass is 10.0. The summed E-state index contributed by atoms with van der Waals surface area (Å²) >= 11 is 0. The number of rotatable bonds is 6. The Hall–Kier alpha value is -1.60. The molecule has 0 saturated carbocycles. The number of hydrogen-bond acceptors (Lipinski definition) is 4. The van der Waals surface area contributed by atoms with Gasteiger partial charge in [-0.05, 0) is 18.8 Å². The molecule has 136 valence electrons. The van der Waals surface area contributed by atoms with Gasteiger partial charge in [0, 0.05) is 64.1 Å².